The molecule has 0 aliphatic carbocycles. The number of sulfonamides is 1. The molecular formula is C16H19N5O5S. The molecular weight excluding hydrogens is 374 g/mol. The van der Waals surface area contributed by atoms with Crippen LogP contribution < -0.4 is 15.4 Å². The van der Waals surface area contributed by atoms with Gasteiger partial charge in [0.05, 0.1) is 4.90 Å². The Morgan fingerprint density at radius 1 is 1.26 bits per heavy atom. The number of ether oxygens (including phenoxy) is 1. The van der Waals surface area contributed by atoms with E-state index in [0.29, 0.717) is 5.95 Å². The van der Waals surface area contributed by atoms with Crippen LogP contribution >= 0.6 is 0 Å². The van der Waals surface area contributed by atoms with Gasteiger partial charge in [0.1, 0.15) is 6.54 Å². The maximum absolute atomic E-state index is 12.2. The van der Waals surface area contributed by atoms with Crippen molar-refractivity contribution in [1.82, 2.24) is 9.97 Å². The van der Waals surface area contributed by atoms with Crippen molar-refractivity contribution in [2.45, 2.75) is 17.9 Å². The molecule has 2 rings (SSSR count). The molecule has 2 aromatic rings. The Bertz CT molecular complexity index is 920. The monoisotopic (exact) mass is 393 g/mol. The zero-order valence-electron chi connectivity index (χ0n) is 14.7. The van der Waals surface area contributed by atoms with Crippen LogP contribution in [0.4, 0.5) is 11.6 Å². The zero-order valence-corrected chi connectivity index (χ0v) is 15.5. The summed E-state index contributed by atoms with van der Waals surface area (Å²) in [6.07, 6.45) is 1.98. The van der Waals surface area contributed by atoms with Gasteiger partial charge in [-0.05, 0) is 31.2 Å². The summed E-state index contributed by atoms with van der Waals surface area (Å²) in [5.41, 5.74) is 0.212. The molecule has 1 aromatic carbocycles. The highest BCUT2D eigenvalue weighted by molar-refractivity contribution is 7.89. The van der Waals surface area contributed by atoms with E-state index in [0.717, 1.165) is 0 Å². The number of nitrogens with zero attached hydrogens (tertiary/aromatic N) is 3. The Hall–Kier alpha value is -3.05. The van der Waals surface area contributed by atoms with Crippen LogP contribution in [0.15, 0.2) is 47.6 Å². The van der Waals surface area contributed by atoms with Crippen molar-refractivity contribution in [3.8, 4) is 0 Å². The van der Waals surface area contributed by atoms with E-state index in [2.05, 4.69) is 15.3 Å². The number of carbonyl (C=O) groups is 2. The van der Waals surface area contributed by atoms with Gasteiger partial charge >= 0.3 is 5.97 Å². The van der Waals surface area contributed by atoms with Gasteiger partial charge in [-0.25, -0.2) is 23.5 Å². The molecule has 1 amide bonds. The van der Waals surface area contributed by atoms with E-state index < -0.39 is 28.0 Å². The average molecular weight is 393 g/mol. The Kier molecular flexibility index (Phi) is 6.42. The lowest BCUT2D eigenvalue weighted by atomic mass is 10.3. The van der Waals surface area contributed by atoms with Crippen molar-refractivity contribution in [2.75, 3.05) is 23.8 Å². The van der Waals surface area contributed by atoms with Crippen LogP contribution in [0.25, 0.3) is 0 Å². The first-order valence-electron chi connectivity index (χ1n) is 7.78. The lowest BCUT2D eigenvalue weighted by Gasteiger charge is -2.18. The predicted molar refractivity (Wildman–Crippen MR) is 97.3 cm³/mol. The number of amides is 1. The van der Waals surface area contributed by atoms with Crippen molar-refractivity contribution in [2.24, 2.45) is 5.14 Å². The second-order valence-electron chi connectivity index (χ2n) is 5.60. The van der Waals surface area contributed by atoms with Gasteiger partial charge in [0, 0.05) is 25.1 Å². The summed E-state index contributed by atoms with van der Waals surface area (Å²) < 4.78 is 27.8. The van der Waals surface area contributed by atoms with E-state index in [9.17, 15) is 18.0 Å². The first-order chi connectivity index (χ1) is 12.7. The number of aromatic nitrogens is 2. The van der Waals surface area contributed by atoms with Gasteiger partial charge in [0.25, 0.3) is 5.91 Å². The SMILES string of the molecule is CC(OC(=O)CN(C)c1ncccn1)C(=O)Nc1cccc(S(N)(=O)=O)c1. The van der Waals surface area contributed by atoms with Crippen LogP contribution in [0.3, 0.4) is 0 Å². The van der Waals surface area contributed by atoms with Crippen molar-refractivity contribution in [3.63, 3.8) is 0 Å². The molecule has 1 heterocycles. The average Bonchev–Trinajstić information content (AvgIpc) is 2.61. The number of likely N-dealkylation sites (N-methyl/N-ethyl adjacent to an activating group) is 1. The third kappa shape index (κ3) is 6.01. The Morgan fingerprint density at radius 3 is 2.56 bits per heavy atom. The van der Waals surface area contributed by atoms with Gasteiger partial charge in [0.2, 0.25) is 16.0 Å². The molecule has 27 heavy (non-hydrogen) atoms. The van der Waals surface area contributed by atoms with Crippen molar-refractivity contribution >= 4 is 33.5 Å². The molecule has 3 N–H and O–H groups in total. The predicted octanol–water partition coefficient (Wildman–Crippen LogP) is 0.131. The summed E-state index contributed by atoms with van der Waals surface area (Å²) in [4.78, 5) is 33.5. The number of hydrogen-bond acceptors (Lipinski definition) is 8. The largest absolute Gasteiger partial charge is 0.451 e. The summed E-state index contributed by atoms with van der Waals surface area (Å²) in [6, 6.07) is 7.08. The van der Waals surface area contributed by atoms with Gasteiger partial charge in [-0.3, -0.25) is 9.59 Å². The normalized spacial score (nSPS) is 12.1. The van der Waals surface area contributed by atoms with Crippen LogP contribution in [0, 0.1) is 0 Å². The highest BCUT2D eigenvalue weighted by atomic mass is 32.2. The van der Waals surface area contributed by atoms with Crippen molar-refractivity contribution in [1.29, 1.82) is 0 Å². The highest BCUT2D eigenvalue weighted by Crippen LogP contribution is 2.14. The summed E-state index contributed by atoms with van der Waals surface area (Å²) >= 11 is 0. The Balaban J connectivity index is 1.92. The molecule has 1 aromatic heterocycles. The number of benzene rings is 1. The summed E-state index contributed by atoms with van der Waals surface area (Å²) in [5, 5.41) is 7.52. The van der Waals surface area contributed by atoms with E-state index in [-0.39, 0.29) is 17.1 Å². The number of hydrogen-bond donors (Lipinski definition) is 2. The number of carbonyl (C=O) groups excluding carboxylic acids is 2. The minimum atomic E-state index is -3.89. The van der Waals surface area contributed by atoms with Gasteiger partial charge in [-0.15, -0.1) is 0 Å². The lowest BCUT2D eigenvalue weighted by molar-refractivity contribution is -0.151. The minimum Gasteiger partial charge on any atom is -0.451 e. The van der Waals surface area contributed by atoms with Crippen LogP contribution in [-0.2, 0) is 24.3 Å². The molecule has 10 nitrogen and oxygen atoms in total. The molecule has 0 saturated carbocycles. The minimum absolute atomic E-state index is 0.144. The summed E-state index contributed by atoms with van der Waals surface area (Å²) in [6.45, 7) is 1.25. The molecule has 0 spiro atoms. The molecule has 1 atom stereocenters. The van der Waals surface area contributed by atoms with E-state index in [4.69, 9.17) is 9.88 Å². The third-order valence-corrected chi connectivity index (χ3v) is 4.28. The number of anilines is 2. The second-order valence-corrected chi connectivity index (χ2v) is 7.16. The number of rotatable bonds is 7. The van der Waals surface area contributed by atoms with E-state index >= 15 is 0 Å². The molecule has 0 saturated heterocycles. The fraction of sp³-hybridized carbons (Fsp3) is 0.250. The van der Waals surface area contributed by atoms with Gasteiger partial charge in [-0.1, -0.05) is 6.07 Å². The summed E-state index contributed by atoms with van der Waals surface area (Å²) in [5.74, 6) is -0.925. The summed E-state index contributed by atoms with van der Waals surface area (Å²) in [7, 11) is -2.28. The van der Waals surface area contributed by atoms with Crippen LogP contribution in [0.1, 0.15) is 6.92 Å². The van der Waals surface area contributed by atoms with Crippen molar-refractivity contribution < 1.29 is 22.7 Å². The first kappa shape index (κ1) is 20.3. The van der Waals surface area contributed by atoms with E-state index in [1.807, 2.05) is 0 Å². The molecule has 0 aliphatic heterocycles. The fourth-order valence-electron chi connectivity index (χ4n) is 2.04. The maximum atomic E-state index is 12.2. The number of nitrogens with two attached hydrogens (primary N) is 1. The Morgan fingerprint density at radius 2 is 1.93 bits per heavy atom. The fourth-order valence-corrected chi connectivity index (χ4v) is 2.59. The van der Waals surface area contributed by atoms with Gasteiger partial charge in [-0.2, -0.15) is 0 Å². The van der Waals surface area contributed by atoms with Gasteiger partial charge < -0.3 is 15.0 Å². The quantitative estimate of drug-likeness (QED) is 0.632. The molecule has 0 bridgehead atoms. The highest BCUT2D eigenvalue weighted by Gasteiger charge is 2.20. The van der Waals surface area contributed by atoms with Crippen LogP contribution in [-0.4, -0.2) is 50.0 Å². The van der Waals surface area contributed by atoms with E-state index in [1.54, 1.807) is 13.1 Å². The van der Waals surface area contributed by atoms with E-state index in [1.165, 1.54) is 48.5 Å². The molecule has 1 unspecified atom stereocenters. The standard InChI is InChI=1S/C16H19N5O5S/c1-11(26-14(22)10-21(2)16-18-7-4-8-19-16)15(23)20-12-5-3-6-13(9-12)27(17,24)25/h3-9,11H,10H2,1-2H3,(H,20,23)(H2,17,24,25). The van der Waals surface area contributed by atoms with Crippen LogP contribution in [0.5, 0.6) is 0 Å². The number of primary sulfonamides is 1. The first-order valence-corrected chi connectivity index (χ1v) is 9.33. The molecule has 11 heteroatoms. The van der Waals surface area contributed by atoms with Gasteiger partial charge in [0.15, 0.2) is 6.10 Å². The number of esters is 1. The second kappa shape index (κ2) is 8.56. The molecule has 0 radical (unpaired) electrons. The van der Waals surface area contributed by atoms with Crippen LogP contribution in [0.2, 0.25) is 0 Å². The number of nitrogens with one attached hydrogen (secondary N) is 1. The molecule has 0 fully saturated rings. The molecule has 0 aliphatic rings. The van der Waals surface area contributed by atoms with Crippen molar-refractivity contribution in [3.05, 3.63) is 42.7 Å². The Labute approximate surface area is 156 Å². The molecule has 144 valence electrons. The topological polar surface area (TPSA) is 145 Å². The smallest absolute Gasteiger partial charge is 0.326 e. The third-order valence-electron chi connectivity index (χ3n) is 3.37. The lowest BCUT2D eigenvalue weighted by Crippen LogP contribution is -2.35. The zero-order chi connectivity index (χ0) is 20.0. The maximum Gasteiger partial charge on any atom is 0.326 e.